The van der Waals surface area contributed by atoms with Gasteiger partial charge in [-0.2, -0.15) is 0 Å². The highest BCUT2D eigenvalue weighted by Crippen LogP contribution is 2.34. The van der Waals surface area contributed by atoms with E-state index in [0.717, 1.165) is 48.6 Å². The number of amides is 1. The van der Waals surface area contributed by atoms with Crippen molar-refractivity contribution in [3.8, 4) is 17.0 Å². The highest BCUT2D eigenvalue weighted by molar-refractivity contribution is 5.94. The molecule has 0 spiro atoms. The number of nitrogens with zero attached hydrogens (tertiary/aromatic N) is 3. The predicted octanol–water partition coefficient (Wildman–Crippen LogP) is 4.24. The van der Waals surface area contributed by atoms with E-state index in [9.17, 15) is 4.79 Å². The molecule has 7 nitrogen and oxygen atoms in total. The average molecular weight is 436 g/mol. The number of benzene rings is 2. The topological polar surface area (TPSA) is 68.0 Å². The monoisotopic (exact) mass is 435 g/mol. The molecule has 0 atom stereocenters. The molecule has 3 aromatic rings. The summed E-state index contributed by atoms with van der Waals surface area (Å²) < 4.78 is 16.4. The standard InChI is InChI=1S/C25H29N3O4/c1-30-17-16-28(24(29)20-10-12-21(31-2)13-11-20)18-22-23(19-8-4-3-5-9-19)26-32-25(22)27-14-6-7-15-27/h3-5,8-13H,6-7,14-18H2,1-2H3. The average Bonchev–Trinajstić information content (AvgIpc) is 3.52. The van der Waals surface area contributed by atoms with Crippen molar-refractivity contribution < 1.29 is 18.8 Å². The molecule has 0 saturated carbocycles. The van der Waals surface area contributed by atoms with Crippen molar-refractivity contribution in [3.05, 3.63) is 65.7 Å². The largest absolute Gasteiger partial charge is 0.497 e. The Morgan fingerprint density at radius 2 is 1.78 bits per heavy atom. The molecule has 1 aliphatic rings. The third-order valence-corrected chi connectivity index (χ3v) is 5.75. The smallest absolute Gasteiger partial charge is 0.254 e. The van der Waals surface area contributed by atoms with E-state index in [-0.39, 0.29) is 5.91 Å². The summed E-state index contributed by atoms with van der Waals surface area (Å²) in [7, 11) is 3.25. The van der Waals surface area contributed by atoms with Crippen molar-refractivity contribution in [3.63, 3.8) is 0 Å². The van der Waals surface area contributed by atoms with Crippen LogP contribution in [0.2, 0.25) is 0 Å². The van der Waals surface area contributed by atoms with Crippen LogP contribution in [0, 0.1) is 0 Å². The summed E-state index contributed by atoms with van der Waals surface area (Å²) in [4.78, 5) is 17.4. The predicted molar refractivity (Wildman–Crippen MR) is 123 cm³/mol. The Bertz CT molecular complexity index is 1010. The van der Waals surface area contributed by atoms with Gasteiger partial charge in [-0.3, -0.25) is 4.79 Å². The lowest BCUT2D eigenvalue weighted by molar-refractivity contribution is 0.0680. The normalized spacial score (nSPS) is 13.4. The van der Waals surface area contributed by atoms with Gasteiger partial charge >= 0.3 is 0 Å². The molecule has 0 aliphatic carbocycles. The molecular formula is C25H29N3O4. The number of hydrogen-bond donors (Lipinski definition) is 0. The van der Waals surface area contributed by atoms with Gasteiger partial charge in [0.2, 0.25) is 5.88 Å². The second-order valence-corrected chi connectivity index (χ2v) is 7.82. The van der Waals surface area contributed by atoms with Crippen molar-refractivity contribution in [2.24, 2.45) is 0 Å². The van der Waals surface area contributed by atoms with Gasteiger partial charge in [0, 0.05) is 37.9 Å². The van der Waals surface area contributed by atoms with Crippen LogP contribution >= 0.6 is 0 Å². The number of rotatable bonds is 9. The molecule has 1 saturated heterocycles. The zero-order valence-electron chi connectivity index (χ0n) is 18.6. The maximum absolute atomic E-state index is 13.4. The minimum absolute atomic E-state index is 0.0720. The van der Waals surface area contributed by atoms with E-state index in [1.54, 1.807) is 43.4 Å². The van der Waals surface area contributed by atoms with E-state index in [2.05, 4.69) is 10.1 Å². The van der Waals surface area contributed by atoms with E-state index in [1.807, 2.05) is 30.3 Å². The molecule has 0 N–H and O–H groups in total. The quantitative estimate of drug-likeness (QED) is 0.501. The maximum Gasteiger partial charge on any atom is 0.254 e. The molecule has 1 aliphatic heterocycles. The molecular weight excluding hydrogens is 406 g/mol. The van der Waals surface area contributed by atoms with Crippen LogP contribution in [0.1, 0.15) is 28.8 Å². The Balaban J connectivity index is 1.68. The SMILES string of the molecule is COCCN(Cc1c(-c2ccccc2)noc1N1CCCC1)C(=O)c1ccc(OC)cc1. The molecule has 0 bridgehead atoms. The molecule has 1 aromatic heterocycles. The van der Waals surface area contributed by atoms with Gasteiger partial charge in [-0.15, -0.1) is 0 Å². The number of aromatic nitrogens is 1. The van der Waals surface area contributed by atoms with Crippen molar-refractivity contribution in [2.45, 2.75) is 19.4 Å². The molecule has 4 rings (SSSR count). The first-order valence-corrected chi connectivity index (χ1v) is 10.9. The van der Waals surface area contributed by atoms with Gasteiger partial charge in [0.05, 0.1) is 25.8 Å². The summed E-state index contributed by atoms with van der Waals surface area (Å²) in [5.41, 5.74) is 3.27. The summed E-state index contributed by atoms with van der Waals surface area (Å²) in [5, 5.41) is 4.42. The molecule has 0 unspecified atom stereocenters. The lowest BCUT2D eigenvalue weighted by Crippen LogP contribution is -2.34. The van der Waals surface area contributed by atoms with Crippen molar-refractivity contribution in [2.75, 3.05) is 45.4 Å². The Kier molecular flexibility index (Phi) is 7.07. The molecule has 1 fully saturated rings. The van der Waals surface area contributed by atoms with E-state index < -0.39 is 0 Å². The van der Waals surface area contributed by atoms with Gasteiger partial charge in [0.1, 0.15) is 11.4 Å². The van der Waals surface area contributed by atoms with Crippen LogP contribution in [0.25, 0.3) is 11.3 Å². The first kappa shape index (κ1) is 21.9. The Morgan fingerprint density at radius 3 is 2.44 bits per heavy atom. The molecule has 2 heterocycles. The first-order chi connectivity index (χ1) is 15.7. The van der Waals surface area contributed by atoms with E-state index in [1.165, 1.54) is 0 Å². The fourth-order valence-electron chi connectivity index (χ4n) is 4.00. The van der Waals surface area contributed by atoms with E-state index >= 15 is 0 Å². The van der Waals surface area contributed by atoms with Crippen molar-refractivity contribution in [1.29, 1.82) is 0 Å². The lowest BCUT2D eigenvalue weighted by Gasteiger charge is -2.24. The van der Waals surface area contributed by atoms with Gasteiger partial charge in [-0.1, -0.05) is 35.5 Å². The van der Waals surface area contributed by atoms with Crippen molar-refractivity contribution in [1.82, 2.24) is 10.1 Å². The van der Waals surface area contributed by atoms with Gasteiger partial charge in [-0.25, -0.2) is 0 Å². The fraction of sp³-hybridized carbons (Fsp3) is 0.360. The fourth-order valence-corrected chi connectivity index (χ4v) is 4.00. The Morgan fingerprint density at radius 1 is 1.06 bits per heavy atom. The van der Waals surface area contributed by atoms with Gasteiger partial charge < -0.3 is 23.8 Å². The van der Waals surface area contributed by atoms with Crippen LogP contribution in [0.4, 0.5) is 5.88 Å². The number of carbonyl (C=O) groups is 1. The minimum atomic E-state index is -0.0720. The van der Waals surface area contributed by atoms with Crippen LogP contribution in [-0.2, 0) is 11.3 Å². The molecule has 1 amide bonds. The van der Waals surface area contributed by atoms with Gasteiger partial charge in [0.25, 0.3) is 5.91 Å². The summed E-state index contributed by atoms with van der Waals surface area (Å²) in [5.74, 6) is 1.40. The summed E-state index contributed by atoms with van der Waals surface area (Å²) in [6.07, 6.45) is 2.25. The second-order valence-electron chi connectivity index (χ2n) is 7.82. The van der Waals surface area contributed by atoms with Crippen LogP contribution < -0.4 is 9.64 Å². The Hall–Kier alpha value is -3.32. The van der Waals surface area contributed by atoms with Crippen LogP contribution in [0.3, 0.4) is 0 Å². The summed E-state index contributed by atoms with van der Waals surface area (Å²) in [6.45, 7) is 3.14. The van der Waals surface area contributed by atoms with Crippen LogP contribution in [-0.4, -0.2) is 56.4 Å². The van der Waals surface area contributed by atoms with Gasteiger partial charge in [-0.05, 0) is 37.1 Å². The number of hydrogen-bond acceptors (Lipinski definition) is 6. The molecule has 0 radical (unpaired) electrons. The second kappa shape index (κ2) is 10.3. The molecule has 32 heavy (non-hydrogen) atoms. The highest BCUT2D eigenvalue weighted by atomic mass is 16.5. The third-order valence-electron chi connectivity index (χ3n) is 5.75. The molecule has 7 heteroatoms. The van der Waals surface area contributed by atoms with E-state index in [0.29, 0.717) is 31.0 Å². The third kappa shape index (κ3) is 4.78. The maximum atomic E-state index is 13.4. The number of ether oxygens (including phenoxy) is 2. The zero-order valence-corrected chi connectivity index (χ0v) is 18.6. The molecule has 168 valence electrons. The highest BCUT2D eigenvalue weighted by Gasteiger charge is 2.28. The Labute approximate surface area is 188 Å². The molecule has 2 aromatic carbocycles. The number of carbonyl (C=O) groups excluding carboxylic acids is 1. The lowest BCUT2D eigenvalue weighted by atomic mass is 10.1. The number of methoxy groups -OCH3 is 2. The first-order valence-electron chi connectivity index (χ1n) is 10.9. The van der Waals surface area contributed by atoms with Crippen LogP contribution in [0.5, 0.6) is 5.75 Å². The van der Waals surface area contributed by atoms with Crippen LogP contribution in [0.15, 0.2) is 59.1 Å². The minimum Gasteiger partial charge on any atom is -0.497 e. The van der Waals surface area contributed by atoms with Gasteiger partial charge in [0.15, 0.2) is 0 Å². The summed E-state index contributed by atoms with van der Waals surface area (Å²) >= 11 is 0. The number of anilines is 1. The summed E-state index contributed by atoms with van der Waals surface area (Å²) in [6, 6.07) is 17.1. The van der Waals surface area contributed by atoms with Crippen molar-refractivity contribution >= 4 is 11.8 Å². The van der Waals surface area contributed by atoms with E-state index in [4.69, 9.17) is 14.0 Å². The zero-order chi connectivity index (χ0) is 22.3.